The van der Waals surface area contributed by atoms with Crippen LogP contribution in [0.3, 0.4) is 0 Å². The van der Waals surface area contributed by atoms with Crippen molar-refractivity contribution < 1.29 is 13.2 Å². The van der Waals surface area contributed by atoms with Gasteiger partial charge in [0.15, 0.2) is 0 Å². The van der Waals surface area contributed by atoms with Crippen LogP contribution in [0.1, 0.15) is 26.2 Å². The van der Waals surface area contributed by atoms with E-state index in [4.69, 9.17) is 0 Å². The lowest BCUT2D eigenvalue weighted by atomic mass is 10.2. The molecule has 7 nitrogen and oxygen atoms in total. The Balaban J connectivity index is 1.84. The number of sulfonamides is 1. The van der Waals surface area contributed by atoms with Gasteiger partial charge in [-0.2, -0.15) is 0 Å². The molecule has 0 aromatic heterocycles. The Morgan fingerprint density at radius 3 is 2.30 bits per heavy atom. The minimum atomic E-state index is -3.28. The molecule has 0 spiro atoms. The number of likely N-dealkylation sites (N-methyl/N-ethyl adjacent to an activating group) is 1. The summed E-state index contributed by atoms with van der Waals surface area (Å²) in [6.07, 6.45) is 3.05. The van der Waals surface area contributed by atoms with Crippen molar-refractivity contribution in [2.24, 2.45) is 0 Å². The van der Waals surface area contributed by atoms with Gasteiger partial charge in [-0.3, -0.25) is 4.79 Å². The van der Waals surface area contributed by atoms with E-state index in [1.54, 1.807) is 0 Å². The number of nitrogens with zero attached hydrogens (tertiary/aromatic N) is 3. The van der Waals surface area contributed by atoms with Gasteiger partial charge in [0.1, 0.15) is 0 Å². The van der Waals surface area contributed by atoms with Crippen LogP contribution in [0.5, 0.6) is 0 Å². The maximum Gasteiger partial charge on any atom is 0.225 e. The van der Waals surface area contributed by atoms with Crippen molar-refractivity contribution in [1.82, 2.24) is 9.21 Å². The average Bonchev–Trinajstić information content (AvgIpc) is 2.62. The topological polar surface area (TPSA) is 73.0 Å². The molecule has 1 aromatic carbocycles. The molecule has 0 aliphatic carbocycles. The second kappa shape index (κ2) is 10.1. The Bertz CT molecular complexity index is 698. The number of carbonyl (C=O) groups excluding carboxylic acids is 1. The van der Waals surface area contributed by atoms with Gasteiger partial charge >= 0.3 is 0 Å². The van der Waals surface area contributed by atoms with Gasteiger partial charge < -0.3 is 15.1 Å². The van der Waals surface area contributed by atoms with Gasteiger partial charge in [-0.1, -0.05) is 13.3 Å². The minimum absolute atomic E-state index is 0.150. The number of amides is 1. The quantitative estimate of drug-likeness (QED) is 0.689. The summed E-state index contributed by atoms with van der Waals surface area (Å²) in [5, 5.41) is 2.85. The summed E-state index contributed by atoms with van der Waals surface area (Å²) in [4.78, 5) is 16.8. The second-order valence-corrected chi connectivity index (χ2v) is 9.13. The van der Waals surface area contributed by atoms with E-state index in [-0.39, 0.29) is 18.9 Å². The van der Waals surface area contributed by atoms with E-state index in [1.807, 2.05) is 31.2 Å². The molecule has 0 unspecified atom stereocenters. The maximum atomic E-state index is 12.2. The predicted molar refractivity (Wildman–Crippen MR) is 111 cm³/mol. The molecule has 0 saturated carbocycles. The van der Waals surface area contributed by atoms with Gasteiger partial charge in [0.25, 0.3) is 0 Å². The van der Waals surface area contributed by atoms with E-state index in [0.29, 0.717) is 6.54 Å². The first kappa shape index (κ1) is 21.7. The van der Waals surface area contributed by atoms with E-state index >= 15 is 0 Å². The van der Waals surface area contributed by atoms with Crippen LogP contribution in [0.15, 0.2) is 24.3 Å². The summed E-state index contributed by atoms with van der Waals surface area (Å²) in [6.45, 7) is 6.79. The summed E-state index contributed by atoms with van der Waals surface area (Å²) in [7, 11) is -1.16. The molecule has 8 heteroatoms. The van der Waals surface area contributed by atoms with E-state index < -0.39 is 10.0 Å². The van der Waals surface area contributed by atoms with Gasteiger partial charge in [-0.15, -0.1) is 0 Å². The van der Waals surface area contributed by atoms with Crippen molar-refractivity contribution in [2.45, 2.75) is 26.2 Å². The van der Waals surface area contributed by atoms with E-state index in [0.717, 1.165) is 50.4 Å². The third kappa shape index (κ3) is 7.12. The first-order chi connectivity index (χ1) is 12.8. The van der Waals surface area contributed by atoms with Gasteiger partial charge in [0, 0.05) is 57.1 Å². The number of benzene rings is 1. The Labute approximate surface area is 163 Å². The molecule has 1 aliphatic rings. The van der Waals surface area contributed by atoms with Gasteiger partial charge in [-0.05, 0) is 37.7 Å². The number of hydrogen-bond donors (Lipinski definition) is 1. The largest absolute Gasteiger partial charge is 0.369 e. The SMILES string of the molecule is CCCCN(CCC(=O)Nc1ccc(N2CCN(C)CC2)cc1)S(C)(=O)=O. The molecule has 1 amide bonds. The zero-order chi connectivity index (χ0) is 19.9. The molecule has 27 heavy (non-hydrogen) atoms. The molecule has 1 N–H and O–H groups in total. The lowest BCUT2D eigenvalue weighted by molar-refractivity contribution is -0.116. The molecule has 0 bridgehead atoms. The number of nitrogens with one attached hydrogen (secondary N) is 1. The second-order valence-electron chi connectivity index (χ2n) is 7.15. The fraction of sp³-hybridized carbons (Fsp3) is 0.632. The first-order valence-corrected chi connectivity index (χ1v) is 11.4. The summed E-state index contributed by atoms with van der Waals surface area (Å²) in [6, 6.07) is 7.84. The first-order valence-electron chi connectivity index (χ1n) is 9.58. The number of hydrogen-bond acceptors (Lipinski definition) is 5. The Morgan fingerprint density at radius 1 is 1.11 bits per heavy atom. The number of unbranched alkanes of at least 4 members (excludes halogenated alkanes) is 1. The Hall–Kier alpha value is -1.64. The van der Waals surface area contributed by atoms with E-state index in [1.165, 1.54) is 10.6 Å². The normalized spacial score (nSPS) is 15.9. The van der Waals surface area contributed by atoms with Crippen LogP contribution in [-0.2, 0) is 14.8 Å². The van der Waals surface area contributed by atoms with Crippen molar-refractivity contribution in [3.63, 3.8) is 0 Å². The molecule has 0 radical (unpaired) electrons. The summed E-state index contributed by atoms with van der Waals surface area (Å²) < 4.78 is 25.0. The summed E-state index contributed by atoms with van der Waals surface area (Å²) in [5.74, 6) is -0.174. The molecule has 1 saturated heterocycles. The number of anilines is 2. The summed E-state index contributed by atoms with van der Waals surface area (Å²) in [5.41, 5.74) is 1.89. The molecule has 152 valence electrons. The summed E-state index contributed by atoms with van der Waals surface area (Å²) >= 11 is 0. The molecule has 1 aliphatic heterocycles. The van der Waals surface area contributed by atoms with Crippen LogP contribution in [-0.4, -0.2) is 76.1 Å². The lowest BCUT2D eigenvalue weighted by Gasteiger charge is -2.34. The highest BCUT2D eigenvalue weighted by Crippen LogP contribution is 2.19. The monoisotopic (exact) mass is 396 g/mol. The third-order valence-electron chi connectivity index (χ3n) is 4.84. The van der Waals surface area contributed by atoms with Crippen molar-refractivity contribution in [1.29, 1.82) is 0 Å². The third-order valence-corrected chi connectivity index (χ3v) is 6.14. The predicted octanol–water partition coefficient (Wildman–Crippen LogP) is 1.83. The molecular weight excluding hydrogens is 364 g/mol. The Kier molecular flexibility index (Phi) is 8.07. The number of carbonyl (C=O) groups is 1. The molecule has 2 rings (SSSR count). The van der Waals surface area contributed by atoms with Crippen molar-refractivity contribution in [3.8, 4) is 0 Å². The van der Waals surface area contributed by atoms with Crippen LogP contribution < -0.4 is 10.2 Å². The minimum Gasteiger partial charge on any atom is -0.369 e. The number of rotatable bonds is 9. The van der Waals surface area contributed by atoms with Crippen molar-refractivity contribution >= 4 is 27.3 Å². The van der Waals surface area contributed by atoms with Crippen LogP contribution in [0.2, 0.25) is 0 Å². The smallest absolute Gasteiger partial charge is 0.225 e. The highest BCUT2D eigenvalue weighted by atomic mass is 32.2. The average molecular weight is 397 g/mol. The van der Waals surface area contributed by atoms with E-state index in [9.17, 15) is 13.2 Å². The standard InChI is InChI=1S/C19H32N4O3S/c1-4-5-11-23(27(3,25)26)12-10-19(24)20-17-6-8-18(9-7-17)22-15-13-21(2)14-16-22/h6-9H,4-5,10-16H2,1-3H3,(H,20,24). The van der Waals surface area contributed by atoms with Crippen LogP contribution in [0, 0.1) is 0 Å². The molecule has 1 aromatic rings. The highest BCUT2D eigenvalue weighted by molar-refractivity contribution is 7.88. The zero-order valence-corrected chi connectivity index (χ0v) is 17.5. The lowest BCUT2D eigenvalue weighted by Crippen LogP contribution is -2.44. The Morgan fingerprint density at radius 2 is 1.74 bits per heavy atom. The number of piperazine rings is 1. The maximum absolute atomic E-state index is 12.2. The van der Waals surface area contributed by atoms with Crippen LogP contribution >= 0.6 is 0 Å². The van der Waals surface area contributed by atoms with Gasteiger partial charge in [-0.25, -0.2) is 12.7 Å². The molecule has 1 heterocycles. The zero-order valence-electron chi connectivity index (χ0n) is 16.6. The highest BCUT2D eigenvalue weighted by Gasteiger charge is 2.17. The fourth-order valence-corrected chi connectivity index (χ4v) is 3.93. The molecule has 0 atom stereocenters. The fourth-order valence-electron chi connectivity index (χ4n) is 3.05. The van der Waals surface area contributed by atoms with Crippen LogP contribution in [0.25, 0.3) is 0 Å². The van der Waals surface area contributed by atoms with Gasteiger partial charge in [0.2, 0.25) is 15.9 Å². The molecule has 1 fully saturated rings. The van der Waals surface area contributed by atoms with Gasteiger partial charge in [0.05, 0.1) is 6.26 Å². The van der Waals surface area contributed by atoms with E-state index in [2.05, 4.69) is 22.2 Å². The van der Waals surface area contributed by atoms with Crippen molar-refractivity contribution in [3.05, 3.63) is 24.3 Å². The van der Waals surface area contributed by atoms with Crippen molar-refractivity contribution in [2.75, 3.05) is 62.8 Å². The molecular formula is C19H32N4O3S. The van der Waals surface area contributed by atoms with Crippen LogP contribution in [0.4, 0.5) is 11.4 Å².